The molecule has 1 atom stereocenters. The van der Waals surface area contributed by atoms with E-state index < -0.39 is 11.7 Å². The molecule has 3 amide bonds. The van der Waals surface area contributed by atoms with Crippen molar-refractivity contribution in [3.8, 4) is 0 Å². The molecule has 1 saturated heterocycles. The highest BCUT2D eigenvalue weighted by Gasteiger charge is 2.29. The molecule has 0 aromatic heterocycles. The molecule has 1 fully saturated rings. The molecule has 152 valence electrons. The summed E-state index contributed by atoms with van der Waals surface area (Å²) in [5.41, 5.74) is 0.784. The van der Waals surface area contributed by atoms with E-state index in [0.29, 0.717) is 18.8 Å². The SMILES string of the molecule is C=CC(=O)Nc1ccccc1CC(=O)N1CCC[C@@H]1CNC(=O)OC(C)(C)C. The van der Waals surface area contributed by atoms with Crippen LogP contribution in [0, 0.1) is 0 Å². The largest absolute Gasteiger partial charge is 0.444 e. The van der Waals surface area contributed by atoms with Crippen LogP contribution in [-0.2, 0) is 20.7 Å². The third-order valence-electron chi connectivity index (χ3n) is 4.38. The number of likely N-dealkylation sites (tertiary alicyclic amines) is 1. The van der Waals surface area contributed by atoms with Crippen molar-refractivity contribution in [3.63, 3.8) is 0 Å². The van der Waals surface area contributed by atoms with Crippen LogP contribution in [0.1, 0.15) is 39.2 Å². The van der Waals surface area contributed by atoms with E-state index in [-0.39, 0.29) is 24.3 Å². The quantitative estimate of drug-likeness (QED) is 0.735. The van der Waals surface area contributed by atoms with Crippen molar-refractivity contribution in [1.82, 2.24) is 10.2 Å². The van der Waals surface area contributed by atoms with Crippen LogP contribution < -0.4 is 10.6 Å². The van der Waals surface area contributed by atoms with Gasteiger partial charge in [-0.05, 0) is 51.3 Å². The number of para-hydroxylation sites is 1. The molecule has 1 aliphatic rings. The highest BCUT2D eigenvalue weighted by atomic mass is 16.6. The molecule has 2 rings (SSSR count). The van der Waals surface area contributed by atoms with Gasteiger partial charge in [-0.15, -0.1) is 0 Å². The first-order valence-electron chi connectivity index (χ1n) is 9.47. The van der Waals surface area contributed by atoms with Crippen LogP contribution in [0.4, 0.5) is 10.5 Å². The summed E-state index contributed by atoms with van der Waals surface area (Å²) < 4.78 is 5.25. The Balaban J connectivity index is 1.97. The summed E-state index contributed by atoms with van der Waals surface area (Å²) in [6.07, 6.45) is 2.61. The van der Waals surface area contributed by atoms with Crippen molar-refractivity contribution in [2.24, 2.45) is 0 Å². The van der Waals surface area contributed by atoms with Gasteiger partial charge in [0.1, 0.15) is 5.60 Å². The summed E-state index contributed by atoms with van der Waals surface area (Å²) in [6, 6.07) is 7.15. The molecule has 1 aliphatic heterocycles. The van der Waals surface area contributed by atoms with Crippen LogP contribution in [0.25, 0.3) is 0 Å². The number of ether oxygens (including phenoxy) is 1. The van der Waals surface area contributed by atoms with Crippen LogP contribution in [0.3, 0.4) is 0 Å². The molecule has 0 aliphatic carbocycles. The lowest BCUT2D eigenvalue weighted by Gasteiger charge is -2.26. The molecule has 0 unspecified atom stereocenters. The Morgan fingerprint density at radius 2 is 2.00 bits per heavy atom. The van der Waals surface area contributed by atoms with Gasteiger partial charge in [-0.3, -0.25) is 9.59 Å². The predicted molar refractivity (Wildman–Crippen MR) is 108 cm³/mol. The van der Waals surface area contributed by atoms with Crippen molar-refractivity contribution < 1.29 is 19.1 Å². The lowest BCUT2D eigenvalue weighted by molar-refractivity contribution is -0.131. The summed E-state index contributed by atoms with van der Waals surface area (Å²) in [7, 11) is 0. The molecule has 0 bridgehead atoms. The average molecular weight is 387 g/mol. The highest BCUT2D eigenvalue weighted by molar-refractivity contribution is 5.99. The standard InChI is InChI=1S/C21H29N3O4/c1-5-18(25)23-17-11-7-6-9-15(17)13-19(26)24-12-8-10-16(24)14-22-20(27)28-21(2,3)4/h5-7,9,11,16H,1,8,10,12-14H2,2-4H3,(H,22,27)(H,23,25)/t16-/m1/s1. The van der Waals surface area contributed by atoms with Gasteiger partial charge in [0.15, 0.2) is 0 Å². The summed E-state index contributed by atoms with van der Waals surface area (Å²) in [4.78, 5) is 38.1. The van der Waals surface area contributed by atoms with Crippen molar-refractivity contribution in [3.05, 3.63) is 42.5 Å². The maximum absolute atomic E-state index is 12.9. The predicted octanol–water partition coefficient (Wildman–Crippen LogP) is 2.87. The minimum Gasteiger partial charge on any atom is -0.444 e. The molecule has 7 heteroatoms. The maximum Gasteiger partial charge on any atom is 0.407 e. The molecule has 0 saturated carbocycles. The molecule has 2 N–H and O–H groups in total. The van der Waals surface area contributed by atoms with Crippen LogP contribution in [-0.4, -0.2) is 47.5 Å². The van der Waals surface area contributed by atoms with E-state index in [1.807, 2.05) is 12.1 Å². The van der Waals surface area contributed by atoms with Gasteiger partial charge in [0.05, 0.1) is 6.42 Å². The average Bonchev–Trinajstić information content (AvgIpc) is 3.08. The number of carbonyl (C=O) groups excluding carboxylic acids is 3. The van der Waals surface area contributed by atoms with Crippen LogP contribution in [0.2, 0.25) is 0 Å². The number of nitrogens with zero attached hydrogens (tertiary/aromatic N) is 1. The number of anilines is 1. The van der Waals surface area contributed by atoms with Gasteiger partial charge < -0.3 is 20.3 Å². The Morgan fingerprint density at radius 1 is 1.29 bits per heavy atom. The first kappa shape index (κ1) is 21.5. The Bertz CT molecular complexity index is 739. The van der Waals surface area contributed by atoms with E-state index in [1.165, 1.54) is 6.08 Å². The number of hydrogen-bond donors (Lipinski definition) is 2. The van der Waals surface area contributed by atoms with E-state index in [0.717, 1.165) is 18.4 Å². The monoisotopic (exact) mass is 387 g/mol. The number of alkyl carbamates (subject to hydrolysis) is 1. The van der Waals surface area contributed by atoms with Crippen LogP contribution >= 0.6 is 0 Å². The molecular weight excluding hydrogens is 358 g/mol. The zero-order valence-corrected chi connectivity index (χ0v) is 16.8. The van der Waals surface area contributed by atoms with Gasteiger partial charge in [0.2, 0.25) is 11.8 Å². The molecule has 0 radical (unpaired) electrons. The van der Waals surface area contributed by atoms with Gasteiger partial charge in [0.25, 0.3) is 0 Å². The number of rotatable bonds is 6. The lowest BCUT2D eigenvalue weighted by Crippen LogP contribution is -2.44. The van der Waals surface area contributed by atoms with E-state index in [9.17, 15) is 14.4 Å². The number of carbonyl (C=O) groups is 3. The van der Waals surface area contributed by atoms with Crippen molar-refractivity contribution in [1.29, 1.82) is 0 Å². The third-order valence-corrected chi connectivity index (χ3v) is 4.38. The van der Waals surface area contributed by atoms with Crippen molar-refractivity contribution >= 4 is 23.6 Å². The zero-order chi connectivity index (χ0) is 20.7. The second-order valence-corrected chi connectivity index (χ2v) is 7.79. The van der Waals surface area contributed by atoms with E-state index in [2.05, 4.69) is 17.2 Å². The number of benzene rings is 1. The second-order valence-electron chi connectivity index (χ2n) is 7.79. The number of nitrogens with one attached hydrogen (secondary N) is 2. The second kappa shape index (κ2) is 9.39. The van der Waals surface area contributed by atoms with Gasteiger partial charge in [-0.25, -0.2) is 4.79 Å². The van der Waals surface area contributed by atoms with E-state index in [1.54, 1.807) is 37.8 Å². The first-order valence-corrected chi connectivity index (χ1v) is 9.47. The summed E-state index contributed by atoms with van der Waals surface area (Å²) in [5, 5.41) is 5.48. The Labute approximate surface area is 166 Å². The fourth-order valence-corrected chi connectivity index (χ4v) is 3.14. The topological polar surface area (TPSA) is 87.7 Å². The van der Waals surface area contributed by atoms with Crippen LogP contribution in [0.5, 0.6) is 0 Å². The maximum atomic E-state index is 12.9. The normalized spacial score (nSPS) is 16.4. The molecule has 1 heterocycles. The van der Waals surface area contributed by atoms with E-state index >= 15 is 0 Å². The Kier molecular flexibility index (Phi) is 7.20. The number of hydrogen-bond acceptors (Lipinski definition) is 4. The smallest absolute Gasteiger partial charge is 0.407 e. The molecule has 0 spiro atoms. The summed E-state index contributed by atoms with van der Waals surface area (Å²) >= 11 is 0. The molecule has 7 nitrogen and oxygen atoms in total. The fourth-order valence-electron chi connectivity index (χ4n) is 3.14. The van der Waals surface area contributed by atoms with Crippen molar-refractivity contribution in [2.45, 2.75) is 51.7 Å². The fraction of sp³-hybridized carbons (Fsp3) is 0.476. The van der Waals surface area contributed by atoms with Gasteiger partial charge in [-0.2, -0.15) is 0 Å². The number of amides is 3. The summed E-state index contributed by atoms with van der Waals surface area (Å²) in [5.74, 6) is -0.353. The Morgan fingerprint density at radius 3 is 2.68 bits per heavy atom. The molecule has 1 aromatic carbocycles. The third kappa shape index (κ3) is 6.40. The highest BCUT2D eigenvalue weighted by Crippen LogP contribution is 2.21. The van der Waals surface area contributed by atoms with Crippen LogP contribution in [0.15, 0.2) is 36.9 Å². The van der Waals surface area contributed by atoms with E-state index in [4.69, 9.17) is 4.74 Å². The van der Waals surface area contributed by atoms with Gasteiger partial charge in [-0.1, -0.05) is 24.8 Å². The van der Waals surface area contributed by atoms with Gasteiger partial charge >= 0.3 is 6.09 Å². The molecule has 1 aromatic rings. The summed E-state index contributed by atoms with van der Waals surface area (Å²) in [6.45, 7) is 9.87. The zero-order valence-electron chi connectivity index (χ0n) is 16.8. The minimum absolute atomic E-state index is 0.0335. The minimum atomic E-state index is -0.561. The molecule has 28 heavy (non-hydrogen) atoms. The van der Waals surface area contributed by atoms with Gasteiger partial charge in [0, 0.05) is 24.8 Å². The van der Waals surface area contributed by atoms with Crippen molar-refractivity contribution in [2.75, 3.05) is 18.4 Å². The lowest BCUT2D eigenvalue weighted by atomic mass is 10.1. The molecular formula is C21H29N3O4. The Hall–Kier alpha value is -2.83. The first-order chi connectivity index (χ1) is 13.2.